The van der Waals surface area contributed by atoms with Crippen LogP contribution in [0, 0.1) is 10.8 Å². The van der Waals surface area contributed by atoms with Gasteiger partial charge in [0.25, 0.3) is 0 Å². The molecule has 0 aromatic heterocycles. The maximum Gasteiger partial charge on any atom is 0.246 e. The summed E-state index contributed by atoms with van der Waals surface area (Å²) in [6, 6.07) is 8.99. The number of nitrogens with zero attached hydrogens (tertiary/aromatic N) is 1. The van der Waals surface area contributed by atoms with E-state index in [0.29, 0.717) is 17.9 Å². The molecule has 0 saturated carbocycles. The first-order chi connectivity index (χ1) is 46.8. The lowest BCUT2D eigenvalue weighted by Gasteiger charge is -2.46. The Kier molecular flexibility index (Phi) is 27.3. The summed E-state index contributed by atoms with van der Waals surface area (Å²) in [5.74, 6) is -5.87. The number of nitrogens with two attached hydrogens (primary N) is 1. The fourth-order valence-electron chi connectivity index (χ4n) is 11.7. The van der Waals surface area contributed by atoms with E-state index in [0.717, 1.165) is 16.9 Å². The van der Waals surface area contributed by atoms with Crippen LogP contribution in [0.1, 0.15) is 42.9 Å². The average molecular weight is 1390 g/mol. The molecule has 0 bridgehead atoms. The summed E-state index contributed by atoms with van der Waals surface area (Å²) in [4.78, 5) is 70.9. The predicted octanol–water partition coefficient (Wildman–Crippen LogP) is -9.36. The van der Waals surface area contributed by atoms with Gasteiger partial charge in [0.2, 0.25) is 36.2 Å². The number of amides is 4. The zero-order valence-electron chi connectivity index (χ0n) is 53.2. The van der Waals surface area contributed by atoms with Crippen LogP contribution in [0.2, 0.25) is 0 Å². The molecular weight excluding hydrogens is 1300 g/mol. The summed E-state index contributed by atoms with van der Waals surface area (Å²) >= 11 is 0. The van der Waals surface area contributed by atoms with Crippen LogP contribution in [-0.2, 0) is 60.7 Å². The molecule has 8 rings (SSSR count). The van der Waals surface area contributed by atoms with E-state index in [-0.39, 0.29) is 37.0 Å². The first-order valence-electron chi connectivity index (χ1n) is 31.7. The van der Waals surface area contributed by atoms with E-state index in [1.807, 2.05) is 6.92 Å². The van der Waals surface area contributed by atoms with Crippen molar-refractivity contribution in [1.82, 2.24) is 42.1 Å². The highest BCUT2D eigenvalue weighted by molar-refractivity contribution is 5.96. The second-order valence-electron chi connectivity index (χ2n) is 24.3. The van der Waals surface area contributed by atoms with Gasteiger partial charge in [-0.2, -0.15) is 0 Å². The summed E-state index contributed by atoms with van der Waals surface area (Å²) in [6.07, 6.45) is -29.0. The summed E-state index contributed by atoms with van der Waals surface area (Å²) in [5, 5.41) is 176. The van der Waals surface area contributed by atoms with E-state index in [1.165, 1.54) is 30.6 Å². The standard InChI is InChI=1S/C62H88N11O25/c1-3-17-93-32-13-11-29(12-14-32)25-92-26-39-46(81)48(83)51(86)60(97-39)98-53-38(24-77)96-59(52(87)49(53)84)94-33-15-9-28(10-16-33)18-34(69-55(89)40(63)27(2)30-7-5-4-6-8-30)54(88)71-41(43(78)35-19-66-61(64)70-35)57(91)72-42(56(90)68-31(21-74)22-75)44(79)36-20-67-62(65)73(36)58-50(85)47(82)45(80)37(23-76)95-58/h4-16,27,31,34-53,58-60,74,76-87H,3,17-21,23-26,63H2,1-2H3,(H2,65,67)(H,68,90)(H,69,89)(H,71,88)(H,72,91)(H3,64,66,70)/t27?,31-,34-,35?,36?,37?,38?,39?,40-,41-,42-,43?,44?,45?,46?,47?,48?,49?,50?,51?,52?,53?,58?,59?,60?/m0/s1. The number of rotatable bonds is 32. The Bertz CT molecular complexity index is 3120. The van der Waals surface area contributed by atoms with E-state index >= 15 is 0 Å². The van der Waals surface area contributed by atoms with Gasteiger partial charge >= 0.3 is 0 Å². The van der Waals surface area contributed by atoms with Crippen LogP contribution in [-0.4, -0.2) is 306 Å². The number of ether oxygens (including phenoxy) is 7. The van der Waals surface area contributed by atoms with Crippen molar-refractivity contribution in [3.63, 3.8) is 0 Å². The van der Waals surface area contributed by atoms with Crippen LogP contribution in [0.3, 0.4) is 0 Å². The third-order valence-corrected chi connectivity index (χ3v) is 17.5. The molecule has 98 heavy (non-hydrogen) atoms. The molecule has 5 aliphatic heterocycles. The van der Waals surface area contributed by atoms with Gasteiger partial charge in [-0.25, -0.2) is 0 Å². The largest absolute Gasteiger partial charge is 0.494 e. The molecule has 20 unspecified atom stereocenters. The number of benzene rings is 3. The maximum atomic E-state index is 15.0. The van der Waals surface area contributed by atoms with Crippen molar-refractivity contribution in [3.05, 3.63) is 95.6 Å². The third kappa shape index (κ3) is 18.3. The monoisotopic (exact) mass is 1390 g/mol. The number of carbonyl (C=O) groups is 4. The molecule has 0 spiro atoms. The maximum absolute atomic E-state index is 15.0. The van der Waals surface area contributed by atoms with Crippen molar-refractivity contribution in [2.75, 3.05) is 46.1 Å². The van der Waals surface area contributed by atoms with Gasteiger partial charge in [-0.05, 0) is 47.4 Å². The fourth-order valence-corrected chi connectivity index (χ4v) is 11.7. The molecule has 5 heterocycles. The molecule has 36 nitrogen and oxygen atoms in total. The number of nitrogens with one attached hydrogen (secondary N) is 9. The molecule has 0 aliphatic carbocycles. The van der Waals surface area contributed by atoms with Crippen molar-refractivity contribution in [2.45, 2.75) is 186 Å². The lowest BCUT2D eigenvalue weighted by molar-refractivity contribution is -0.353. The summed E-state index contributed by atoms with van der Waals surface area (Å²) in [6.45, 7) is 0.429. The molecule has 5 fully saturated rings. The van der Waals surface area contributed by atoms with Gasteiger partial charge in [-0.15, -0.1) is 0 Å². The van der Waals surface area contributed by atoms with Gasteiger partial charge in [-0.1, -0.05) is 68.4 Å². The number of guanidine groups is 2. The van der Waals surface area contributed by atoms with Crippen LogP contribution in [0.15, 0.2) is 78.9 Å². The van der Waals surface area contributed by atoms with Crippen LogP contribution < -0.4 is 52.4 Å². The van der Waals surface area contributed by atoms with Crippen molar-refractivity contribution in [2.24, 2.45) is 5.73 Å². The minimum atomic E-state index is -2.29. The van der Waals surface area contributed by atoms with Gasteiger partial charge in [0.1, 0.15) is 121 Å². The summed E-state index contributed by atoms with van der Waals surface area (Å²) in [7, 11) is 0. The molecule has 25 atom stereocenters. The lowest BCUT2D eigenvalue weighted by Crippen LogP contribution is -2.69. The van der Waals surface area contributed by atoms with E-state index < -0.39 is 215 Å². The zero-order chi connectivity index (χ0) is 71.2. The Balaban J connectivity index is 0.999. The number of carbonyl (C=O) groups excluding carboxylic acids is 5. The first kappa shape index (κ1) is 76.3. The zero-order valence-corrected chi connectivity index (χ0v) is 53.2. The molecule has 36 heteroatoms. The second kappa shape index (κ2) is 35.1. The van der Waals surface area contributed by atoms with Crippen LogP contribution >= 0.6 is 0 Å². The number of hydrogen-bond acceptors (Lipinski definition) is 28. The van der Waals surface area contributed by atoms with E-state index in [2.05, 4.69) is 37.2 Å². The van der Waals surface area contributed by atoms with E-state index in [9.17, 15) is 90.4 Å². The quantitative estimate of drug-likeness (QED) is 0.0276. The highest BCUT2D eigenvalue weighted by atomic mass is 16.7. The van der Waals surface area contributed by atoms with E-state index in [1.54, 1.807) is 61.5 Å². The van der Waals surface area contributed by atoms with Gasteiger partial charge in [0.15, 0.2) is 24.4 Å². The Morgan fingerprint density at radius 1 is 0.673 bits per heavy atom. The Morgan fingerprint density at radius 3 is 1.91 bits per heavy atom. The third-order valence-electron chi connectivity index (χ3n) is 17.5. The van der Waals surface area contributed by atoms with E-state index in [4.69, 9.17) is 49.7 Å². The smallest absolute Gasteiger partial charge is 0.246 e. The average Bonchev–Trinajstić information content (AvgIpc) is 1.46. The molecule has 1 radical (unpaired) electrons. The minimum absolute atomic E-state index is 0.0432. The van der Waals surface area contributed by atoms with Crippen LogP contribution in [0.5, 0.6) is 11.5 Å². The molecule has 4 amide bonds. The topological polar surface area (TPSA) is 574 Å². The van der Waals surface area contributed by atoms with Crippen molar-refractivity contribution in [1.29, 1.82) is 10.8 Å². The Morgan fingerprint density at radius 2 is 1.28 bits per heavy atom. The molecule has 24 N–H and O–H groups in total. The molecule has 5 aliphatic rings. The Labute approximate surface area is 561 Å². The van der Waals surface area contributed by atoms with Crippen LogP contribution in [0.4, 0.5) is 0 Å². The second-order valence-corrected chi connectivity index (χ2v) is 24.3. The predicted molar refractivity (Wildman–Crippen MR) is 335 cm³/mol. The number of aliphatic hydroxyl groups excluding tert-OH is 13. The molecule has 541 valence electrons. The lowest BCUT2D eigenvalue weighted by atomic mass is 9.93. The summed E-state index contributed by atoms with van der Waals surface area (Å²) in [5.41, 5.74) is 8.16. The van der Waals surface area contributed by atoms with Crippen molar-refractivity contribution >= 4 is 41.8 Å². The minimum Gasteiger partial charge on any atom is -0.494 e. The molecule has 5 saturated heterocycles. The highest BCUT2D eigenvalue weighted by Gasteiger charge is 2.54. The van der Waals surface area contributed by atoms with Gasteiger partial charge in [-0.3, -0.25) is 34.8 Å². The fraction of sp³-hybridized carbons (Fsp3) is 0.597. The molecule has 3 aromatic carbocycles. The van der Waals surface area contributed by atoms with Gasteiger partial charge in [0.05, 0.1) is 57.8 Å². The van der Waals surface area contributed by atoms with Gasteiger partial charge in [0, 0.05) is 25.4 Å². The Hall–Kier alpha value is -7.41. The molecular formula is C62H88N11O25. The number of hydrogen-bond donors (Lipinski definition) is 23. The SMILES string of the molecule is CCCOc1ccc(COCC2OC(OC3C(CO)OC(Oc4ccc(C[C@H](NC(=O)[C@@H](N)C(C)c5ccccc5)C(=O)N[C@H](C(=O)N[C@H](C(=O)N[C@H]([C]=O)CO)C(O)C5CNC(=N)N5C5OC(CO)C(O)C(O)C5O)C(O)C5CNC(=N)N5)cc4)C(O)C3O)C(O)C(O)C2O)cc1. The summed E-state index contributed by atoms with van der Waals surface area (Å²) < 4.78 is 40.5. The van der Waals surface area contributed by atoms with Crippen molar-refractivity contribution in [3.8, 4) is 11.5 Å². The first-order valence-corrected chi connectivity index (χ1v) is 31.7. The molecule has 3 aromatic rings. The van der Waals surface area contributed by atoms with Crippen LogP contribution in [0.25, 0.3) is 0 Å². The van der Waals surface area contributed by atoms with Gasteiger partial charge < -0.3 is 147 Å². The number of aliphatic hydroxyl groups is 13. The highest BCUT2D eigenvalue weighted by Crippen LogP contribution is 2.33. The normalized spacial score (nSPS) is 31.1. The van der Waals surface area contributed by atoms with Crippen molar-refractivity contribution < 1.29 is 124 Å².